The SMILES string of the molecule is C[C@@H]1CC[C@@H](c2nc(-c3ccc(-c4ccc(-c5nc(CN(C(=O)OC(C)(C)C)[C@@H]6CC[C@@H]6C)[nH]c5Br)cc4)cc3)c(Br)[nH]2)N1C(=O)OC(C)(C)C. The molecule has 1 aliphatic heterocycles. The zero-order valence-electron chi connectivity index (χ0n) is 30.6. The van der Waals surface area contributed by atoms with E-state index in [-0.39, 0.29) is 30.3 Å². The molecular weight excluding hydrogens is 776 g/mol. The topological polar surface area (TPSA) is 116 Å². The Kier molecular flexibility index (Phi) is 10.5. The van der Waals surface area contributed by atoms with E-state index >= 15 is 0 Å². The second-order valence-electron chi connectivity index (χ2n) is 15.8. The lowest BCUT2D eigenvalue weighted by molar-refractivity contribution is -0.00806. The molecule has 2 fully saturated rings. The van der Waals surface area contributed by atoms with Gasteiger partial charge in [0.05, 0.1) is 12.6 Å². The molecule has 12 heteroatoms. The molecule has 2 N–H and O–H groups in total. The van der Waals surface area contributed by atoms with Gasteiger partial charge in [0.15, 0.2) is 0 Å². The Morgan fingerprint density at radius 3 is 1.80 bits per heavy atom. The van der Waals surface area contributed by atoms with Crippen LogP contribution in [0.1, 0.15) is 98.8 Å². The molecule has 1 aliphatic carbocycles. The highest BCUT2D eigenvalue weighted by Gasteiger charge is 2.40. The molecule has 6 rings (SSSR count). The predicted octanol–water partition coefficient (Wildman–Crippen LogP) is 10.7. The standard InChI is InChI=1S/C39H48Br2N6O4/c1-22-9-19-28(22)46(36(48)50-38(3,4)5)21-30-42-31(33(40)43-30)26-15-11-24(12-16-26)25-13-17-27(18-14-25)32-34(41)45-35(44-32)29-20-10-23(2)47(29)37(49)51-39(6,7)8/h11-18,22-23,28-29H,9-10,19-21H2,1-8H3,(H,42,43)(H,44,45)/t22-,23+,28+,29-/m0/s1. The van der Waals surface area contributed by atoms with E-state index in [1.165, 1.54) is 0 Å². The van der Waals surface area contributed by atoms with Crippen molar-refractivity contribution >= 4 is 44.0 Å². The summed E-state index contributed by atoms with van der Waals surface area (Å²) in [4.78, 5) is 46.4. The molecule has 1 saturated carbocycles. The van der Waals surface area contributed by atoms with Crippen LogP contribution in [0.15, 0.2) is 57.7 Å². The van der Waals surface area contributed by atoms with Crippen LogP contribution in [0.3, 0.4) is 0 Å². The van der Waals surface area contributed by atoms with Gasteiger partial charge in [-0.05, 0) is 123 Å². The molecule has 2 amide bonds. The van der Waals surface area contributed by atoms with Gasteiger partial charge in [0.25, 0.3) is 0 Å². The number of imidazole rings is 2. The summed E-state index contributed by atoms with van der Waals surface area (Å²) < 4.78 is 13.0. The molecule has 2 aliphatic rings. The van der Waals surface area contributed by atoms with Crippen LogP contribution < -0.4 is 0 Å². The molecule has 3 heterocycles. The summed E-state index contributed by atoms with van der Waals surface area (Å²) in [6.45, 7) is 15.9. The number of ether oxygens (including phenoxy) is 2. The molecule has 1 saturated heterocycles. The fourth-order valence-corrected chi connectivity index (χ4v) is 7.88. The number of H-pyrrole nitrogens is 2. The first kappa shape index (κ1) is 37.1. The maximum absolute atomic E-state index is 13.2. The quantitative estimate of drug-likeness (QED) is 0.192. The zero-order chi connectivity index (χ0) is 36.8. The molecule has 51 heavy (non-hydrogen) atoms. The number of aromatic nitrogens is 4. The first-order valence-electron chi connectivity index (χ1n) is 17.7. The Morgan fingerprint density at radius 2 is 1.29 bits per heavy atom. The minimum Gasteiger partial charge on any atom is -0.444 e. The number of nitrogens with one attached hydrogen (secondary N) is 2. The third kappa shape index (κ3) is 8.38. The lowest BCUT2D eigenvalue weighted by atomic mass is 9.80. The highest BCUT2D eigenvalue weighted by Crippen LogP contribution is 2.39. The van der Waals surface area contributed by atoms with Crippen molar-refractivity contribution < 1.29 is 19.1 Å². The van der Waals surface area contributed by atoms with Gasteiger partial charge in [-0.25, -0.2) is 19.6 Å². The van der Waals surface area contributed by atoms with Crippen molar-refractivity contribution in [2.45, 2.75) is 117 Å². The zero-order valence-corrected chi connectivity index (χ0v) is 33.8. The second-order valence-corrected chi connectivity index (χ2v) is 17.4. The van der Waals surface area contributed by atoms with Gasteiger partial charge in [-0.1, -0.05) is 55.5 Å². The molecule has 2 aromatic heterocycles. The molecule has 0 radical (unpaired) electrons. The predicted molar refractivity (Wildman–Crippen MR) is 206 cm³/mol. The van der Waals surface area contributed by atoms with Crippen LogP contribution in [0.2, 0.25) is 0 Å². The van der Waals surface area contributed by atoms with Crippen molar-refractivity contribution in [3.63, 3.8) is 0 Å². The monoisotopic (exact) mass is 822 g/mol. The van der Waals surface area contributed by atoms with Crippen LogP contribution in [0.25, 0.3) is 33.6 Å². The van der Waals surface area contributed by atoms with E-state index in [4.69, 9.17) is 19.4 Å². The van der Waals surface area contributed by atoms with Gasteiger partial charge in [0, 0.05) is 23.2 Å². The van der Waals surface area contributed by atoms with Crippen molar-refractivity contribution in [1.29, 1.82) is 0 Å². The summed E-state index contributed by atoms with van der Waals surface area (Å²) in [5, 5.41) is 0. The number of likely N-dealkylation sites (tertiary alicyclic amines) is 1. The van der Waals surface area contributed by atoms with Gasteiger partial charge in [-0.2, -0.15) is 0 Å². The van der Waals surface area contributed by atoms with Gasteiger partial charge in [0.1, 0.15) is 43.4 Å². The van der Waals surface area contributed by atoms with Crippen LogP contribution in [0.5, 0.6) is 0 Å². The van der Waals surface area contributed by atoms with Crippen molar-refractivity contribution in [3.05, 3.63) is 69.4 Å². The summed E-state index contributed by atoms with van der Waals surface area (Å²) in [6.07, 6.45) is 3.14. The molecule has 272 valence electrons. The van der Waals surface area contributed by atoms with Gasteiger partial charge >= 0.3 is 12.2 Å². The average Bonchev–Trinajstić information content (AvgIpc) is 3.74. The number of benzene rings is 2. The van der Waals surface area contributed by atoms with Crippen LogP contribution in [0, 0.1) is 5.92 Å². The number of carbonyl (C=O) groups excluding carboxylic acids is 2. The summed E-state index contributed by atoms with van der Waals surface area (Å²) in [5.41, 5.74) is 4.51. The van der Waals surface area contributed by atoms with Gasteiger partial charge in [-0.15, -0.1) is 0 Å². The normalized spacial score (nSPS) is 20.6. The van der Waals surface area contributed by atoms with E-state index in [9.17, 15) is 9.59 Å². The fraction of sp³-hybridized carbons (Fsp3) is 0.487. The molecular formula is C39H48Br2N6O4. The lowest BCUT2D eigenvalue weighted by Crippen LogP contribution is -2.50. The van der Waals surface area contributed by atoms with Crippen LogP contribution in [-0.4, -0.2) is 65.2 Å². The summed E-state index contributed by atoms with van der Waals surface area (Å²) >= 11 is 7.35. The van der Waals surface area contributed by atoms with E-state index in [1.807, 2.05) is 51.3 Å². The largest absolute Gasteiger partial charge is 0.444 e. The van der Waals surface area contributed by atoms with Crippen molar-refractivity contribution in [2.24, 2.45) is 5.92 Å². The lowest BCUT2D eigenvalue weighted by Gasteiger charge is -2.42. The van der Waals surface area contributed by atoms with E-state index in [1.54, 1.807) is 0 Å². The molecule has 2 aromatic carbocycles. The minimum absolute atomic E-state index is 0.0643. The second kappa shape index (κ2) is 14.4. The first-order valence-corrected chi connectivity index (χ1v) is 19.3. The third-order valence-electron chi connectivity index (χ3n) is 9.55. The number of aromatic amines is 2. The Balaban J connectivity index is 1.15. The number of hydrogen-bond acceptors (Lipinski definition) is 6. The first-order chi connectivity index (χ1) is 24.0. The molecule has 4 atom stereocenters. The molecule has 0 unspecified atom stereocenters. The van der Waals surface area contributed by atoms with E-state index < -0.39 is 11.2 Å². The Bertz CT molecular complexity index is 1870. The minimum atomic E-state index is -0.570. The van der Waals surface area contributed by atoms with Crippen LogP contribution in [0.4, 0.5) is 9.59 Å². The molecule has 4 aromatic rings. The van der Waals surface area contributed by atoms with Gasteiger partial charge in [-0.3, -0.25) is 9.80 Å². The maximum Gasteiger partial charge on any atom is 0.411 e. The van der Waals surface area contributed by atoms with Crippen molar-refractivity contribution in [1.82, 2.24) is 29.7 Å². The average molecular weight is 825 g/mol. The number of nitrogens with zero attached hydrogens (tertiary/aromatic N) is 4. The Morgan fingerprint density at radius 1 is 0.765 bits per heavy atom. The van der Waals surface area contributed by atoms with E-state index in [0.29, 0.717) is 18.3 Å². The van der Waals surface area contributed by atoms with E-state index in [0.717, 1.165) is 74.4 Å². The Labute approximate surface area is 317 Å². The van der Waals surface area contributed by atoms with Crippen LogP contribution >= 0.6 is 31.9 Å². The smallest absolute Gasteiger partial charge is 0.411 e. The Hall–Kier alpha value is -3.64. The highest BCUT2D eigenvalue weighted by molar-refractivity contribution is 9.10. The molecule has 0 bridgehead atoms. The highest BCUT2D eigenvalue weighted by atomic mass is 79.9. The van der Waals surface area contributed by atoms with Gasteiger partial charge < -0.3 is 19.4 Å². The number of amides is 2. The van der Waals surface area contributed by atoms with Crippen molar-refractivity contribution in [2.75, 3.05) is 0 Å². The van der Waals surface area contributed by atoms with Gasteiger partial charge in [0.2, 0.25) is 0 Å². The van der Waals surface area contributed by atoms with Crippen molar-refractivity contribution in [3.8, 4) is 33.6 Å². The van der Waals surface area contributed by atoms with E-state index in [2.05, 4.69) is 104 Å². The maximum atomic E-state index is 13.2. The third-order valence-corrected chi connectivity index (χ3v) is 10.7. The summed E-state index contributed by atoms with van der Waals surface area (Å²) in [6, 6.07) is 16.6. The molecule has 0 spiro atoms. The number of rotatable bonds is 7. The summed E-state index contributed by atoms with van der Waals surface area (Å²) in [5.74, 6) is 1.87. The number of carbonyl (C=O) groups is 2. The fourth-order valence-electron chi connectivity index (χ4n) is 6.81. The molecule has 10 nitrogen and oxygen atoms in total. The summed E-state index contributed by atoms with van der Waals surface area (Å²) in [7, 11) is 0. The number of halogens is 2. The number of hydrogen-bond donors (Lipinski definition) is 2. The van der Waals surface area contributed by atoms with Crippen LogP contribution in [-0.2, 0) is 16.0 Å².